The second-order valence-electron chi connectivity index (χ2n) is 6.26. The molecule has 7 nitrogen and oxygen atoms in total. The summed E-state index contributed by atoms with van der Waals surface area (Å²) in [5.74, 6) is -0.411. The molecule has 1 fully saturated rings. The van der Waals surface area contributed by atoms with Crippen molar-refractivity contribution in [1.29, 1.82) is 0 Å². The van der Waals surface area contributed by atoms with E-state index in [9.17, 15) is 14.0 Å². The van der Waals surface area contributed by atoms with Crippen LogP contribution in [0.3, 0.4) is 0 Å². The minimum absolute atomic E-state index is 0.0907. The van der Waals surface area contributed by atoms with Gasteiger partial charge < -0.3 is 10.1 Å². The molecular weight excluding hydrogens is 339 g/mol. The van der Waals surface area contributed by atoms with Crippen LogP contribution in [0, 0.1) is 12.7 Å². The summed E-state index contributed by atoms with van der Waals surface area (Å²) >= 11 is 0. The van der Waals surface area contributed by atoms with Crippen molar-refractivity contribution >= 4 is 17.7 Å². The molecule has 0 saturated carbocycles. The second-order valence-corrected chi connectivity index (χ2v) is 6.26. The van der Waals surface area contributed by atoms with Crippen LogP contribution in [0.2, 0.25) is 0 Å². The number of carbonyl (C=O) groups is 2. The molecule has 3 rings (SSSR count). The highest BCUT2D eigenvalue weighted by molar-refractivity contribution is 5.92. The van der Waals surface area contributed by atoms with Gasteiger partial charge in [-0.2, -0.15) is 5.10 Å². The summed E-state index contributed by atoms with van der Waals surface area (Å²) in [6.45, 7) is 2.57. The van der Waals surface area contributed by atoms with Gasteiger partial charge in [0, 0.05) is 6.07 Å². The van der Waals surface area contributed by atoms with E-state index in [1.54, 1.807) is 22.9 Å². The smallest absolute Gasteiger partial charge is 0.323 e. The summed E-state index contributed by atoms with van der Waals surface area (Å²) in [6.07, 6.45) is 1.53. The lowest BCUT2D eigenvalue weighted by molar-refractivity contribution is -0.146. The van der Waals surface area contributed by atoms with E-state index in [2.05, 4.69) is 10.4 Å². The van der Waals surface area contributed by atoms with E-state index in [-0.39, 0.29) is 30.3 Å². The third-order valence-corrected chi connectivity index (χ3v) is 4.35. The molecule has 2 heterocycles. The normalized spacial score (nSPS) is 17.3. The van der Waals surface area contributed by atoms with E-state index in [1.165, 1.54) is 19.2 Å². The molecule has 1 N–H and O–H groups in total. The molecule has 1 amide bonds. The number of ether oxygens (including phenoxy) is 1. The molecule has 1 atom stereocenters. The van der Waals surface area contributed by atoms with Crippen molar-refractivity contribution in [3.63, 3.8) is 0 Å². The number of rotatable bonds is 5. The summed E-state index contributed by atoms with van der Waals surface area (Å²) in [6, 6.07) is 7.21. The average molecular weight is 360 g/mol. The van der Waals surface area contributed by atoms with Gasteiger partial charge in [0.15, 0.2) is 0 Å². The van der Waals surface area contributed by atoms with Crippen LogP contribution in [0.1, 0.15) is 18.5 Å². The molecule has 8 heteroatoms. The first-order chi connectivity index (χ1) is 12.5. The molecule has 0 spiro atoms. The first-order valence-electron chi connectivity index (χ1n) is 8.42. The molecule has 1 unspecified atom stereocenters. The van der Waals surface area contributed by atoms with Gasteiger partial charge >= 0.3 is 5.97 Å². The Morgan fingerprint density at radius 3 is 2.77 bits per heavy atom. The van der Waals surface area contributed by atoms with Gasteiger partial charge in [-0.3, -0.25) is 14.5 Å². The van der Waals surface area contributed by atoms with Crippen molar-refractivity contribution < 1.29 is 18.7 Å². The fraction of sp³-hybridized carbons (Fsp3) is 0.389. The van der Waals surface area contributed by atoms with E-state index in [1.807, 2.05) is 11.8 Å². The van der Waals surface area contributed by atoms with Crippen molar-refractivity contribution in [2.24, 2.45) is 0 Å². The lowest BCUT2D eigenvalue weighted by atomic mass is 10.2. The number of aromatic nitrogens is 2. The van der Waals surface area contributed by atoms with Crippen LogP contribution in [-0.2, 0) is 14.3 Å². The lowest BCUT2D eigenvalue weighted by Gasteiger charge is -2.21. The van der Waals surface area contributed by atoms with E-state index in [0.29, 0.717) is 24.5 Å². The molecule has 2 aromatic rings. The first-order valence-corrected chi connectivity index (χ1v) is 8.42. The molecule has 26 heavy (non-hydrogen) atoms. The van der Waals surface area contributed by atoms with Crippen molar-refractivity contribution in [1.82, 2.24) is 14.7 Å². The van der Waals surface area contributed by atoms with Crippen LogP contribution in [-0.4, -0.2) is 52.8 Å². The van der Waals surface area contributed by atoms with Gasteiger partial charge in [0.1, 0.15) is 17.7 Å². The van der Waals surface area contributed by atoms with Crippen LogP contribution in [0.5, 0.6) is 0 Å². The molecule has 1 aromatic heterocycles. The van der Waals surface area contributed by atoms with Crippen LogP contribution in [0.15, 0.2) is 30.3 Å². The van der Waals surface area contributed by atoms with Crippen molar-refractivity contribution in [3.8, 4) is 5.69 Å². The minimum Gasteiger partial charge on any atom is -0.468 e. The van der Waals surface area contributed by atoms with Gasteiger partial charge in [-0.05, 0) is 50.6 Å². The maximum atomic E-state index is 13.1. The predicted molar refractivity (Wildman–Crippen MR) is 93.5 cm³/mol. The van der Waals surface area contributed by atoms with Crippen molar-refractivity contribution in [2.75, 3.05) is 25.5 Å². The number of amides is 1. The van der Waals surface area contributed by atoms with Crippen molar-refractivity contribution in [3.05, 3.63) is 41.8 Å². The van der Waals surface area contributed by atoms with Gasteiger partial charge in [0.2, 0.25) is 5.91 Å². The van der Waals surface area contributed by atoms with E-state index in [0.717, 1.165) is 12.1 Å². The Hall–Kier alpha value is -2.74. The summed E-state index contributed by atoms with van der Waals surface area (Å²) in [7, 11) is 1.35. The highest BCUT2D eigenvalue weighted by atomic mass is 19.1. The average Bonchev–Trinajstić information content (AvgIpc) is 3.21. The largest absolute Gasteiger partial charge is 0.468 e. The van der Waals surface area contributed by atoms with Gasteiger partial charge in [-0.1, -0.05) is 0 Å². The maximum Gasteiger partial charge on any atom is 0.323 e. The molecule has 0 aliphatic carbocycles. The number of hydrogen-bond donors (Lipinski definition) is 1. The number of esters is 1. The summed E-state index contributed by atoms with van der Waals surface area (Å²) in [4.78, 5) is 26.1. The maximum absolute atomic E-state index is 13.1. The quantitative estimate of drug-likeness (QED) is 0.824. The number of benzene rings is 1. The Kier molecular flexibility index (Phi) is 5.32. The number of methoxy groups -OCH3 is 1. The van der Waals surface area contributed by atoms with E-state index in [4.69, 9.17) is 4.74 Å². The number of nitrogens with zero attached hydrogens (tertiary/aromatic N) is 3. The Morgan fingerprint density at radius 2 is 2.08 bits per heavy atom. The van der Waals surface area contributed by atoms with Gasteiger partial charge in [-0.15, -0.1) is 0 Å². The lowest BCUT2D eigenvalue weighted by Crippen LogP contribution is -2.41. The molecule has 138 valence electrons. The number of hydrogen-bond acceptors (Lipinski definition) is 5. The number of nitrogens with one attached hydrogen (secondary N) is 1. The third kappa shape index (κ3) is 3.91. The summed E-state index contributed by atoms with van der Waals surface area (Å²) in [5.41, 5.74) is 1.36. The molecule has 1 aromatic carbocycles. The zero-order chi connectivity index (χ0) is 18.7. The Morgan fingerprint density at radius 1 is 1.35 bits per heavy atom. The SMILES string of the molecule is COC(=O)C1CCCN1CC(=O)Nc1cc(C)nn1-c1ccc(F)cc1. The van der Waals surface area contributed by atoms with Crippen LogP contribution >= 0.6 is 0 Å². The molecule has 0 radical (unpaired) electrons. The number of carbonyl (C=O) groups excluding carboxylic acids is 2. The molecule has 1 aliphatic rings. The molecular formula is C18H21FN4O3. The highest BCUT2D eigenvalue weighted by Gasteiger charge is 2.32. The van der Waals surface area contributed by atoms with Crippen LogP contribution in [0.4, 0.5) is 10.2 Å². The van der Waals surface area contributed by atoms with Gasteiger partial charge in [-0.25, -0.2) is 9.07 Å². The topological polar surface area (TPSA) is 76.5 Å². The monoisotopic (exact) mass is 360 g/mol. The second kappa shape index (κ2) is 7.65. The van der Waals surface area contributed by atoms with Gasteiger partial charge in [0.25, 0.3) is 0 Å². The zero-order valence-corrected chi connectivity index (χ0v) is 14.7. The predicted octanol–water partition coefficient (Wildman–Crippen LogP) is 1.90. The number of anilines is 1. The Balaban J connectivity index is 1.72. The standard InChI is InChI=1S/C18H21FN4O3/c1-12-10-16(23(21-12)14-7-5-13(19)6-8-14)20-17(24)11-22-9-3-4-15(22)18(25)26-2/h5-8,10,15H,3-4,9,11H2,1-2H3,(H,20,24). The molecule has 0 bridgehead atoms. The zero-order valence-electron chi connectivity index (χ0n) is 14.7. The summed E-state index contributed by atoms with van der Waals surface area (Å²) < 4.78 is 19.5. The van der Waals surface area contributed by atoms with Gasteiger partial charge in [0.05, 0.1) is 25.0 Å². The third-order valence-electron chi connectivity index (χ3n) is 4.35. The number of halogens is 1. The van der Waals surface area contributed by atoms with Crippen LogP contribution < -0.4 is 5.32 Å². The number of aryl methyl sites for hydroxylation is 1. The highest BCUT2D eigenvalue weighted by Crippen LogP contribution is 2.20. The first kappa shape index (κ1) is 18.1. The fourth-order valence-electron chi connectivity index (χ4n) is 3.15. The van der Waals surface area contributed by atoms with E-state index < -0.39 is 0 Å². The van der Waals surface area contributed by atoms with Crippen LogP contribution in [0.25, 0.3) is 5.69 Å². The summed E-state index contributed by atoms with van der Waals surface area (Å²) in [5, 5.41) is 7.17. The number of likely N-dealkylation sites (tertiary alicyclic amines) is 1. The van der Waals surface area contributed by atoms with E-state index >= 15 is 0 Å². The Labute approximate surface area is 150 Å². The Bertz CT molecular complexity index is 803. The molecule has 1 saturated heterocycles. The van der Waals surface area contributed by atoms with Crippen molar-refractivity contribution in [2.45, 2.75) is 25.8 Å². The minimum atomic E-state index is -0.380. The molecule has 1 aliphatic heterocycles. The fourth-order valence-corrected chi connectivity index (χ4v) is 3.15.